The van der Waals surface area contributed by atoms with Crippen LogP contribution in [0.5, 0.6) is 0 Å². The first-order valence-corrected chi connectivity index (χ1v) is 7.77. The van der Waals surface area contributed by atoms with Gasteiger partial charge in [-0.3, -0.25) is 9.78 Å². The summed E-state index contributed by atoms with van der Waals surface area (Å²) < 4.78 is 28.4. The number of nitrogens with zero attached hydrogens (tertiary/aromatic N) is 2. The van der Waals surface area contributed by atoms with Gasteiger partial charge < -0.3 is 10.2 Å². The smallest absolute Gasteiger partial charge is 0.248 e. The predicted molar refractivity (Wildman–Crippen MR) is 89.7 cm³/mol. The highest BCUT2D eigenvalue weighted by molar-refractivity contribution is 6.01. The molecule has 6 heteroatoms. The number of hydrogen-bond donors (Lipinski definition) is 1. The molecule has 1 aliphatic heterocycles. The van der Waals surface area contributed by atoms with Crippen molar-refractivity contribution < 1.29 is 13.6 Å². The zero-order valence-corrected chi connectivity index (χ0v) is 13.0. The Kier molecular flexibility index (Phi) is 4.84. The van der Waals surface area contributed by atoms with Crippen molar-refractivity contribution in [2.75, 3.05) is 23.3 Å². The molecule has 4 nitrogen and oxygen atoms in total. The summed E-state index contributed by atoms with van der Waals surface area (Å²) in [7, 11) is 0. The quantitative estimate of drug-likeness (QED) is 0.872. The zero-order valence-electron chi connectivity index (χ0n) is 13.0. The van der Waals surface area contributed by atoms with E-state index in [4.69, 9.17) is 0 Å². The number of carbonyl (C=O) groups excluding carboxylic acids is 1. The van der Waals surface area contributed by atoms with Crippen LogP contribution in [0.2, 0.25) is 0 Å². The molecule has 124 valence electrons. The summed E-state index contributed by atoms with van der Waals surface area (Å²) in [6, 6.07) is 7.59. The molecule has 0 spiro atoms. The average molecular weight is 329 g/mol. The van der Waals surface area contributed by atoms with E-state index in [0.717, 1.165) is 25.0 Å². The molecule has 1 N–H and O–H groups in total. The lowest BCUT2D eigenvalue weighted by Gasteiger charge is -2.19. The van der Waals surface area contributed by atoms with E-state index in [9.17, 15) is 13.6 Å². The van der Waals surface area contributed by atoms with Gasteiger partial charge in [0.2, 0.25) is 5.91 Å². The second kappa shape index (κ2) is 7.21. The lowest BCUT2D eigenvalue weighted by atomic mass is 10.2. The summed E-state index contributed by atoms with van der Waals surface area (Å²) in [6.07, 6.45) is 6.26. The summed E-state index contributed by atoms with van der Waals surface area (Å²) in [5.41, 5.74) is 0.688. The molecule has 1 aromatic carbocycles. The van der Waals surface area contributed by atoms with E-state index in [1.807, 2.05) is 0 Å². The van der Waals surface area contributed by atoms with E-state index in [1.165, 1.54) is 12.2 Å². The molecule has 24 heavy (non-hydrogen) atoms. The van der Waals surface area contributed by atoms with Crippen molar-refractivity contribution in [1.82, 2.24) is 4.98 Å². The third-order valence-electron chi connectivity index (χ3n) is 3.80. The Morgan fingerprint density at radius 3 is 2.50 bits per heavy atom. The van der Waals surface area contributed by atoms with Gasteiger partial charge in [0, 0.05) is 31.0 Å². The van der Waals surface area contributed by atoms with Crippen molar-refractivity contribution in [2.24, 2.45) is 0 Å². The van der Waals surface area contributed by atoms with Gasteiger partial charge in [-0.05, 0) is 43.2 Å². The fourth-order valence-electron chi connectivity index (χ4n) is 2.70. The SMILES string of the molecule is O=C(C=Cc1ccccn1)Nc1cc(F)c(N2CCCC2)c(F)c1. The van der Waals surface area contributed by atoms with Crippen LogP contribution in [-0.4, -0.2) is 24.0 Å². The van der Waals surface area contributed by atoms with Crippen LogP contribution in [0, 0.1) is 11.6 Å². The molecule has 1 amide bonds. The lowest BCUT2D eigenvalue weighted by Crippen LogP contribution is -2.21. The van der Waals surface area contributed by atoms with Crippen molar-refractivity contribution in [3.05, 3.63) is 59.9 Å². The largest absolute Gasteiger partial charge is 0.367 e. The van der Waals surface area contributed by atoms with Gasteiger partial charge in [-0.2, -0.15) is 0 Å². The van der Waals surface area contributed by atoms with E-state index < -0.39 is 17.5 Å². The maximum Gasteiger partial charge on any atom is 0.248 e. The molecular weight excluding hydrogens is 312 g/mol. The molecule has 1 aliphatic rings. The molecular formula is C18H17F2N3O. The molecule has 1 fully saturated rings. The molecule has 0 saturated carbocycles. The number of rotatable bonds is 4. The Hall–Kier alpha value is -2.76. The van der Waals surface area contributed by atoms with Crippen LogP contribution in [0.25, 0.3) is 6.08 Å². The van der Waals surface area contributed by atoms with Gasteiger partial charge in [-0.15, -0.1) is 0 Å². The Bertz CT molecular complexity index is 733. The minimum Gasteiger partial charge on any atom is -0.367 e. The summed E-state index contributed by atoms with van der Waals surface area (Å²) >= 11 is 0. The number of anilines is 2. The average Bonchev–Trinajstić information content (AvgIpc) is 3.07. The van der Waals surface area contributed by atoms with Gasteiger partial charge in [-0.25, -0.2) is 8.78 Å². The van der Waals surface area contributed by atoms with E-state index >= 15 is 0 Å². The predicted octanol–water partition coefficient (Wildman–Crippen LogP) is 3.61. The van der Waals surface area contributed by atoms with Crippen molar-refractivity contribution in [3.8, 4) is 0 Å². The second-order valence-corrected chi connectivity index (χ2v) is 5.56. The number of hydrogen-bond acceptors (Lipinski definition) is 3. The normalized spacial score (nSPS) is 14.3. The molecule has 3 rings (SSSR count). The van der Waals surface area contributed by atoms with Crippen molar-refractivity contribution in [2.45, 2.75) is 12.8 Å². The molecule has 0 bridgehead atoms. The van der Waals surface area contributed by atoms with Crippen LogP contribution in [0.15, 0.2) is 42.6 Å². The fourth-order valence-corrected chi connectivity index (χ4v) is 2.70. The molecule has 0 unspecified atom stereocenters. The Balaban J connectivity index is 1.71. The van der Waals surface area contributed by atoms with E-state index in [-0.39, 0.29) is 11.4 Å². The van der Waals surface area contributed by atoms with Gasteiger partial charge in [0.25, 0.3) is 0 Å². The Morgan fingerprint density at radius 1 is 1.17 bits per heavy atom. The van der Waals surface area contributed by atoms with Crippen LogP contribution in [-0.2, 0) is 4.79 Å². The standard InChI is InChI=1S/C18H17F2N3O/c19-15-11-14(12-16(20)18(15)23-9-3-4-10-23)22-17(24)7-6-13-5-1-2-8-21-13/h1-2,5-8,11-12H,3-4,9-10H2,(H,22,24). The third kappa shape index (κ3) is 3.76. The van der Waals surface area contributed by atoms with Crippen LogP contribution < -0.4 is 10.2 Å². The van der Waals surface area contributed by atoms with Gasteiger partial charge in [0.1, 0.15) is 5.69 Å². The van der Waals surface area contributed by atoms with Gasteiger partial charge in [0.05, 0.1) is 5.69 Å². The molecule has 0 atom stereocenters. The first-order valence-electron chi connectivity index (χ1n) is 7.77. The summed E-state index contributed by atoms with van der Waals surface area (Å²) in [4.78, 5) is 17.6. The highest BCUT2D eigenvalue weighted by atomic mass is 19.1. The number of nitrogens with one attached hydrogen (secondary N) is 1. The molecule has 1 aromatic heterocycles. The summed E-state index contributed by atoms with van der Waals surface area (Å²) in [5, 5.41) is 2.46. The minimum atomic E-state index is -0.666. The summed E-state index contributed by atoms with van der Waals surface area (Å²) in [6.45, 7) is 1.29. The van der Waals surface area contributed by atoms with Crippen LogP contribution >= 0.6 is 0 Å². The maximum absolute atomic E-state index is 14.2. The number of aromatic nitrogens is 1. The maximum atomic E-state index is 14.2. The molecule has 0 radical (unpaired) electrons. The van der Waals surface area contributed by atoms with Crippen LogP contribution in [0.4, 0.5) is 20.2 Å². The fraction of sp³-hybridized carbons (Fsp3) is 0.222. The zero-order chi connectivity index (χ0) is 16.9. The highest BCUT2D eigenvalue weighted by Gasteiger charge is 2.21. The number of halogens is 2. The monoisotopic (exact) mass is 329 g/mol. The van der Waals surface area contributed by atoms with E-state index in [0.29, 0.717) is 18.8 Å². The van der Waals surface area contributed by atoms with E-state index in [2.05, 4.69) is 10.3 Å². The number of carbonyl (C=O) groups is 1. The van der Waals surface area contributed by atoms with Gasteiger partial charge >= 0.3 is 0 Å². The van der Waals surface area contributed by atoms with Crippen molar-refractivity contribution in [3.63, 3.8) is 0 Å². The minimum absolute atomic E-state index is 0.0190. The lowest BCUT2D eigenvalue weighted by molar-refractivity contribution is -0.111. The molecule has 1 saturated heterocycles. The highest BCUT2D eigenvalue weighted by Crippen LogP contribution is 2.29. The number of pyridine rings is 1. The third-order valence-corrected chi connectivity index (χ3v) is 3.80. The van der Waals surface area contributed by atoms with Crippen molar-refractivity contribution >= 4 is 23.4 Å². The van der Waals surface area contributed by atoms with Crippen molar-refractivity contribution in [1.29, 1.82) is 0 Å². The first-order chi connectivity index (χ1) is 11.6. The van der Waals surface area contributed by atoms with Crippen LogP contribution in [0.1, 0.15) is 18.5 Å². The first kappa shape index (κ1) is 16.1. The Labute approximate surface area is 138 Å². The topological polar surface area (TPSA) is 45.2 Å². The number of benzene rings is 1. The van der Waals surface area contributed by atoms with Crippen LogP contribution in [0.3, 0.4) is 0 Å². The van der Waals surface area contributed by atoms with E-state index in [1.54, 1.807) is 29.3 Å². The van der Waals surface area contributed by atoms with Gasteiger partial charge in [0.15, 0.2) is 11.6 Å². The second-order valence-electron chi connectivity index (χ2n) is 5.56. The molecule has 0 aliphatic carbocycles. The van der Waals surface area contributed by atoms with Gasteiger partial charge in [-0.1, -0.05) is 6.07 Å². The molecule has 2 heterocycles. The molecule has 2 aromatic rings. The number of amides is 1. The Morgan fingerprint density at radius 2 is 1.88 bits per heavy atom. The summed E-state index contributed by atoms with van der Waals surface area (Å²) in [5.74, 6) is -1.81.